The Kier molecular flexibility index (Phi) is 8.86. The van der Waals surface area contributed by atoms with Crippen molar-refractivity contribution in [3.8, 4) is 0 Å². The molecule has 0 unspecified atom stereocenters. The molecule has 2 amide bonds. The van der Waals surface area contributed by atoms with Crippen LogP contribution in [0.5, 0.6) is 0 Å². The van der Waals surface area contributed by atoms with Gasteiger partial charge in [0.25, 0.3) is 0 Å². The molecule has 0 aliphatic heterocycles. The van der Waals surface area contributed by atoms with Crippen LogP contribution in [0.2, 0.25) is 0 Å². The molecule has 0 aromatic heterocycles. The summed E-state index contributed by atoms with van der Waals surface area (Å²) in [7, 11) is 1.59. The van der Waals surface area contributed by atoms with E-state index >= 15 is 0 Å². The Labute approximate surface area is 144 Å². The molecule has 0 bridgehead atoms. The largest absolute Gasteiger partial charge is 0.383 e. The molecule has 1 aromatic carbocycles. The van der Waals surface area contributed by atoms with Crippen molar-refractivity contribution < 1.29 is 14.3 Å². The average Bonchev–Trinajstić information content (AvgIpc) is 2.57. The van der Waals surface area contributed by atoms with E-state index in [0.717, 1.165) is 24.5 Å². The van der Waals surface area contributed by atoms with Crippen LogP contribution >= 0.6 is 0 Å². The summed E-state index contributed by atoms with van der Waals surface area (Å²) in [5.41, 5.74) is 1.91. The summed E-state index contributed by atoms with van der Waals surface area (Å²) >= 11 is 0. The molecule has 1 N–H and O–H groups in total. The lowest BCUT2D eigenvalue weighted by molar-refractivity contribution is -0.130. The fourth-order valence-corrected chi connectivity index (χ4v) is 2.43. The van der Waals surface area contributed by atoms with E-state index in [4.69, 9.17) is 4.74 Å². The minimum atomic E-state index is -0.103. The maximum Gasteiger partial charge on any atom is 0.226 e. The summed E-state index contributed by atoms with van der Waals surface area (Å²) in [4.78, 5) is 27.4. The van der Waals surface area contributed by atoms with Crippen LogP contribution in [0.4, 0.5) is 11.4 Å². The van der Waals surface area contributed by atoms with Gasteiger partial charge >= 0.3 is 0 Å². The van der Waals surface area contributed by atoms with Crippen molar-refractivity contribution in [1.82, 2.24) is 4.90 Å². The van der Waals surface area contributed by atoms with Crippen molar-refractivity contribution in [3.05, 3.63) is 24.3 Å². The van der Waals surface area contributed by atoms with Crippen LogP contribution in [0.1, 0.15) is 27.2 Å². The Balaban J connectivity index is 2.51. The molecule has 134 valence electrons. The maximum absolute atomic E-state index is 12.1. The number of hydrogen-bond acceptors (Lipinski definition) is 4. The minimum Gasteiger partial charge on any atom is -0.383 e. The lowest BCUT2D eigenvalue weighted by Gasteiger charge is -2.21. The topological polar surface area (TPSA) is 61.9 Å². The number of carbonyl (C=O) groups excluding carboxylic acids is 2. The van der Waals surface area contributed by atoms with Crippen LogP contribution in [-0.2, 0) is 14.3 Å². The van der Waals surface area contributed by atoms with Crippen molar-refractivity contribution in [1.29, 1.82) is 0 Å². The molecule has 1 rings (SSSR count). The number of benzene rings is 1. The monoisotopic (exact) mass is 335 g/mol. The first-order chi connectivity index (χ1) is 11.5. The van der Waals surface area contributed by atoms with E-state index in [1.54, 1.807) is 12.0 Å². The number of anilines is 2. The predicted octanol–water partition coefficient (Wildman–Crippen LogP) is 2.36. The SMILES string of the molecule is CCN(CC)c1ccc(NC(=O)CCN(CCOC)C(C)=O)cc1. The van der Waals surface area contributed by atoms with Crippen molar-refractivity contribution in [2.45, 2.75) is 27.2 Å². The predicted molar refractivity (Wildman–Crippen MR) is 97.4 cm³/mol. The number of nitrogens with zero attached hydrogens (tertiary/aromatic N) is 2. The van der Waals surface area contributed by atoms with Gasteiger partial charge in [0, 0.05) is 58.0 Å². The van der Waals surface area contributed by atoms with Crippen LogP contribution in [0.3, 0.4) is 0 Å². The van der Waals surface area contributed by atoms with E-state index < -0.39 is 0 Å². The van der Waals surface area contributed by atoms with Gasteiger partial charge in [-0.3, -0.25) is 9.59 Å². The highest BCUT2D eigenvalue weighted by Gasteiger charge is 2.11. The number of rotatable bonds is 10. The van der Waals surface area contributed by atoms with E-state index in [2.05, 4.69) is 24.1 Å². The van der Waals surface area contributed by atoms with E-state index in [9.17, 15) is 9.59 Å². The summed E-state index contributed by atoms with van der Waals surface area (Å²) in [6.07, 6.45) is 0.265. The van der Waals surface area contributed by atoms with Gasteiger partial charge in [0.05, 0.1) is 6.61 Å². The number of methoxy groups -OCH3 is 1. The van der Waals surface area contributed by atoms with Crippen LogP contribution < -0.4 is 10.2 Å². The van der Waals surface area contributed by atoms with Crippen LogP contribution in [0.25, 0.3) is 0 Å². The molecule has 0 aliphatic carbocycles. The van der Waals surface area contributed by atoms with E-state index in [1.165, 1.54) is 6.92 Å². The first kappa shape index (κ1) is 20.0. The quantitative estimate of drug-likeness (QED) is 0.713. The Bertz CT molecular complexity index is 513. The zero-order valence-corrected chi connectivity index (χ0v) is 15.2. The number of ether oxygens (including phenoxy) is 1. The molecule has 0 spiro atoms. The lowest BCUT2D eigenvalue weighted by atomic mass is 10.2. The molecule has 0 atom stereocenters. The van der Waals surface area contributed by atoms with Crippen LogP contribution in [0, 0.1) is 0 Å². The Morgan fingerprint density at radius 3 is 2.21 bits per heavy atom. The van der Waals surface area contributed by atoms with Gasteiger partial charge in [0.1, 0.15) is 0 Å². The van der Waals surface area contributed by atoms with Gasteiger partial charge in [0.15, 0.2) is 0 Å². The first-order valence-electron chi connectivity index (χ1n) is 8.41. The zero-order chi connectivity index (χ0) is 17.9. The minimum absolute atomic E-state index is 0.0524. The van der Waals surface area contributed by atoms with E-state index in [-0.39, 0.29) is 18.2 Å². The molecule has 6 heteroatoms. The van der Waals surface area contributed by atoms with Crippen LogP contribution in [0.15, 0.2) is 24.3 Å². The Morgan fingerprint density at radius 1 is 1.08 bits per heavy atom. The molecule has 1 aromatic rings. The highest BCUT2D eigenvalue weighted by atomic mass is 16.5. The highest BCUT2D eigenvalue weighted by Crippen LogP contribution is 2.17. The van der Waals surface area contributed by atoms with E-state index in [1.807, 2.05) is 24.3 Å². The van der Waals surface area contributed by atoms with Gasteiger partial charge in [-0.1, -0.05) is 0 Å². The third kappa shape index (κ3) is 6.58. The fourth-order valence-electron chi connectivity index (χ4n) is 2.43. The fraction of sp³-hybridized carbons (Fsp3) is 0.556. The van der Waals surface area contributed by atoms with E-state index in [0.29, 0.717) is 19.7 Å². The number of carbonyl (C=O) groups is 2. The number of nitrogens with one attached hydrogen (secondary N) is 1. The average molecular weight is 335 g/mol. The van der Waals surface area contributed by atoms with Gasteiger partial charge in [0.2, 0.25) is 11.8 Å². The maximum atomic E-state index is 12.1. The third-order valence-corrected chi connectivity index (χ3v) is 3.90. The number of hydrogen-bond donors (Lipinski definition) is 1. The van der Waals surface area contributed by atoms with Gasteiger partial charge < -0.3 is 19.9 Å². The van der Waals surface area contributed by atoms with Crippen molar-refractivity contribution >= 4 is 23.2 Å². The molecule has 24 heavy (non-hydrogen) atoms. The second-order valence-corrected chi connectivity index (χ2v) is 5.52. The van der Waals surface area contributed by atoms with Crippen molar-refractivity contribution in [2.24, 2.45) is 0 Å². The molecule has 6 nitrogen and oxygen atoms in total. The molecule has 0 saturated carbocycles. The summed E-state index contributed by atoms with van der Waals surface area (Å²) in [5.74, 6) is -0.155. The first-order valence-corrected chi connectivity index (χ1v) is 8.41. The summed E-state index contributed by atoms with van der Waals surface area (Å²) in [6, 6.07) is 7.81. The second kappa shape index (κ2) is 10.6. The standard InChI is InChI=1S/C18H29N3O3/c1-5-20(6-2)17-9-7-16(8-10-17)19-18(23)11-12-21(15(3)22)13-14-24-4/h7-10H,5-6,11-14H2,1-4H3,(H,19,23). The molecule has 0 saturated heterocycles. The molecule has 0 radical (unpaired) electrons. The third-order valence-electron chi connectivity index (χ3n) is 3.90. The zero-order valence-electron chi connectivity index (χ0n) is 15.2. The Hall–Kier alpha value is -2.08. The summed E-state index contributed by atoms with van der Waals surface area (Å²) in [5, 5.41) is 2.87. The normalized spacial score (nSPS) is 10.3. The molecular weight excluding hydrogens is 306 g/mol. The smallest absolute Gasteiger partial charge is 0.226 e. The second-order valence-electron chi connectivity index (χ2n) is 5.52. The van der Waals surface area contributed by atoms with Gasteiger partial charge in [-0.05, 0) is 38.1 Å². The van der Waals surface area contributed by atoms with Crippen molar-refractivity contribution in [2.75, 3.05) is 50.1 Å². The van der Waals surface area contributed by atoms with Gasteiger partial charge in [-0.15, -0.1) is 0 Å². The van der Waals surface area contributed by atoms with Gasteiger partial charge in [-0.2, -0.15) is 0 Å². The molecule has 0 fully saturated rings. The van der Waals surface area contributed by atoms with Crippen LogP contribution in [-0.4, -0.2) is 56.6 Å². The molecule has 0 heterocycles. The molecular formula is C18H29N3O3. The number of amides is 2. The van der Waals surface area contributed by atoms with Gasteiger partial charge in [-0.25, -0.2) is 0 Å². The lowest BCUT2D eigenvalue weighted by Crippen LogP contribution is -2.34. The summed E-state index contributed by atoms with van der Waals surface area (Å²) < 4.78 is 4.98. The molecule has 0 aliphatic rings. The van der Waals surface area contributed by atoms with Crippen molar-refractivity contribution in [3.63, 3.8) is 0 Å². The summed E-state index contributed by atoms with van der Waals surface area (Å²) in [6.45, 7) is 8.98. The Morgan fingerprint density at radius 2 is 1.71 bits per heavy atom. The highest BCUT2D eigenvalue weighted by molar-refractivity contribution is 5.91.